The van der Waals surface area contributed by atoms with Crippen LogP contribution in [-0.4, -0.2) is 19.6 Å². The average Bonchev–Trinajstić information content (AvgIpc) is 2.62. The lowest BCUT2D eigenvalue weighted by atomic mass is 10.0. The first-order valence-electron chi connectivity index (χ1n) is 7.23. The first-order valence-corrected chi connectivity index (χ1v) is 7.23. The van der Waals surface area contributed by atoms with E-state index < -0.39 is 0 Å². The third-order valence-corrected chi connectivity index (χ3v) is 3.64. The van der Waals surface area contributed by atoms with Crippen LogP contribution in [0.2, 0.25) is 0 Å². The van der Waals surface area contributed by atoms with E-state index in [0.29, 0.717) is 5.65 Å². The third kappa shape index (κ3) is 2.38. The highest BCUT2D eigenvalue weighted by atomic mass is 15.2. The van der Waals surface area contributed by atoms with Crippen LogP contribution < -0.4 is 5.49 Å². The van der Waals surface area contributed by atoms with Crippen LogP contribution in [0.3, 0.4) is 0 Å². The van der Waals surface area contributed by atoms with E-state index in [1.807, 2.05) is 65.1 Å². The van der Waals surface area contributed by atoms with Crippen LogP contribution >= 0.6 is 0 Å². The fourth-order valence-electron chi connectivity index (χ4n) is 2.58. The van der Waals surface area contributed by atoms with Crippen molar-refractivity contribution in [3.63, 3.8) is 0 Å². The highest BCUT2D eigenvalue weighted by Gasteiger charge is 2.13. The van der Waals surface area contributed by atoms with Crippen LogP contribution in [0.1, 0.15) is 0 Å². The van der Waals surface area contributed by atoms with Gasteiger partial charge in [-0.25, -0.2) is 4.98 Å². The number of benzene rings is 2. The fraction of sp³-hybridized carbons (Fsp3) is 0. The molecule has 0 aliphatic carbocycles. The van der Waals surface area contributed by atoms with E-state index in [9.17, 15) is 0 Å². The zero-order valence-electron chi connectivity index (χ0n) is 12.2. The largest absolute Gasteiger partial charge is 0.283 e. The summed E-state index contributed by atoms with van der Waals surface area (Å²) >= 11 is 0. The van der Waals surface area contributed by atoms with Gasteiger partial charge >= 0.3 is 0 Å². The molecule has 110 valence electrons. The Kier molecular flexibility index (Phi) is 3.16. The molecule has 2 aromatic heterocycles. The first kappa shape index (κ1) is 13.3. The van der Waals surface area contributed by atoms with Crippen molar-refractivity contribution < 1.29 is 0 Å². The molecule has 1 N–H and O–H groups in total. The number of nitrogens with zero attached hydrogens (tertiary/aromatic N) is 4. The molecule has 5 nitrogen and oxygen atoms in total. The van der Waals surface area contributed by atoms with Crippen molar-refractivity contribution in [1.29, 1.82) is 5.41 Å². The highest BCUT2D eigenvalue weighted by Crippen LogP contribution is 2.29. The minimum Gasteiger partial charge on any atom is -0.283 e. The summed E-state index contributed by atoms with van der Waals surface area (Å²) in [4.78, 5) is 4.09. The van der Waals surface area contributed by atoms with Gasteiger partial charge in [0, 0.05) is 17.2 Å². The molecule has 0 saturated heterocycles. The molecule has 2 aromatic carbocycles. The van der Waals surface area contributed by atoms with E-state index in [4.69, 9.17) is 5.41 Å². The Morgan fingerprint density at radius 1 is 0.783 bits per heavy atom. The van der Waals surface area contributed by atoms with Crippen molar-refractivity contribution in [2.24, 2.45) is 0 Å². The van der Waals surface area contributed by atoms with Crippen molar-refractivity contribution >= 4 is 5.65 Å². The predicted octanol–water partition coefficient (Wildman–Crippen LogP) is 2.94. The van der Waals surface area contributed by atoms with Crippen LogP contribution in [0, 0.1) is 5.41 Å². The summed E-state index contributed by atoms with van der Waals surface area (Å²) in [6.45, 7) is 0. The number of hydrogen-bond donors (Lipinski definition) is 1. The van der Waals surface area contributed by atoms with E-state index in [-0.39, 0.29) is 5.49 Å². The molecule has 23 heavy (non-hydrogen) atoms. The molecule has 4 rings (SSSR count). The molecule has 0 amide bonds. The fourth-order valence-corrected chi connectivity index (χ4v) is 2.58. The van der Waals surface area contributed by atoms with Gasteiger partial charge in [0.1, 0.15) is 17.5 Å². The van der Waals surface area contributed by atoms with Gasteiger partial charge in [0.25, 0.3) is 0 Å². The second-order valence-electron chi connectivity index (χ2n) is 5.13. The molecule has 0 aliphatic rings. The van der Waals surface area contributed by atoms with Crippen LogP contribution in [-0.2, 0) is 0 Å². The minimum absolute atomic E-state index is 0.172. The normalized spacial score (nSPS) is 10.8. The van der Waals surface area contributed by atoms with Gasteiger partial charge in [-0.2, -0.15) is 0 Å². The molecule has 0 spiro atoms. The molecular weight excluding hydrogens is 286 g/mol. The van der Waals surface area contributed by atoms with Crippen molar-refractivity contribution in [2.45, 2.75) is 0 Å². The number of nitrogens with one attached hydrogen (secondary N) is 1. The van der Waals surface area contributed by atoms with Gasteiger partial charge in [-0.05, 0) is 0 Å². The van der Waals surface area contributed by atoms with Gasteiger partial charge < -0.3 is 0 Å². The van der Waals surface area contributed by atoms with Crippen LogP contribution in [0.4, 0.5) is 0 Å². The standard InChI is InChI=1S/C18H13N5/c19-15-11-16-21-22-17(13-7-3-1-4-8-13)18(23(16)12-20-15)14-9-5-2-6-10-14/h1-12,19H. The molecule has 0 fully saturated rings. The molecule has 2 heterocycles. The van der Waals surface area contributed by atoms with E-state index in [1.165, 1.54) is 0 Å². The van der Waals surface area contributed by atoms with E-state index >= 15 is 0 Å². The molecule has 5 heteroatoms. The lowest BCUT2D eigenvalue weighted by Crippen LogP contribution is -2.11. The predicted molar refractivity (Wildman–Crippen MR) is 87.5 cm³/mol. The Labute approximate surface area is 132 Å². The van der Waals surface area contributed by atoms with E-state index in [1.54, 1.807) is 12.4 Å². The van der Waals surface area contributed by atoms with Crippen molar-refractivity contribution in [1.82, 2.24) is 19.6 Å². The van der Waals surface area contributed by atoms with Crippen molar-refractivity contribution in [2.75, 3.05) is 0 Å². The number of fused-ring (bicyclic) bond motifs is 1. The molecule has 0 bridgehead atoms. The SMILES string of the molecule is N=c1cc2nnc(-c3ccccc3)c(-c3ccccc3)n2cn1. The molecule has 0 unspecified atom stereocenters. The van der Waals surface area contributed by atoms with E-state index in [0.717, 1.165) is 22.5 Å². The summed E-state index contributed by atoms with van der Waals surface area (Å²) in [5.74, 6) is 0. The second kappa shape index (κ2) is 5.46. The Hall–Kier alpha value is -3.34. The number of hydrogen-bond acceptors (Lipinski definition) is 4. The molecule has 0 saturated carbocycles. The summed E-state index contributed by atoms with van der Waals surface area (Å²) < 4.78 is 1.88. The zero-order valence-corrected chi connectivity index (χ0v) is 12.2. The lowest BCUT2D eigenvalue weighted by molar-refractivity contribution is 0.928. The summed E-state index contributed by atoms with van der Waals surface area (Å²) in [6, 6.07) is 21.6. The Morgan fingerprint density at radius 3 is 2.13 bits per heavy atom. The maximum absolute atomic E-state index is 7.68. The van der Waals surface area contributed by atoms with Gasteiger partial charge in [0.15, 0.2) is 5.65 Å². The maximum Gasteiger partial charge on any atom is 0.164 e. The molecule has 0 aliphatic heterocycles. The van der Waals surface area contributed by atoms with Gasteiger partial charge in [-0.1, -0.05) is 60.7 Å². The second-order valence-corrected chi connectivity index (χ2v) is 5.13. The number of aromatic nitrogens is 4. The minimum atomic E-state index is 0.172. The summed E-state index contributed by atoms with van der Waals surface area (Å²) in [6.07, 6.45) is 1.63. The quantitative estimate of drug-likeness (QED) is 0.619. The number of rotatable bonds is 2. The lowest BCUT2D eigenvalue weighted by Gasteiger charge is -2.13. The molecule has 0 atom stereocenters. The van der Waals surface area contributed by atoms with Gasteiger partial charge in [0.2, 0.25) is 0 Å². The maximum atomic E-state index is 7.68. The van der Waals surface area contributed by atoms with Crippen LogP contribution in [0.5, 0.6) is 0 Å². The molecular formula is C18H13N5. The zero-order chi connectivity index (χ0) is 15.6. The first-order chi connectivity index (χ1) is 11.3. The highest BCUT2D eigenvalue weighted by molar-refractivity contribution is 5.79. The summed E-state index contributed by atoms with van der Waals surface area (Å²) in [7, 11) is 0. The van der Waals surface area contributed by atoms with Crippen LogP contribution in [0.25, 0.3) is 28.2 Å². The average molecular weight is 299 g/mol. The van der Waals surface area contributed by atoms with Gasteiger partial charge in [-0.15, -0.1) is 10.2 Å². The third-order valence-electron chi connectivity index (χ3n) is 3.64. The molecule has 0 radical (unpaired) electrons. The summed E-state index contributed by atoms with van der Waals surface area (Å²) in [5, 5.41) is 16.3. The van der Waals surface area contributed by atoms with Gasteiger partial charge in [0.05, 0.1) is 5.69 Å². The topological polar surface area (TPSA) is 66.9 Å². The van der Waals surface area contributed by atoms with Crippen molar-refractivity contribution in [3.05, 3.63) is 78.5 Å². The Balaban J connectivity index is 2.11. The van der Waals surface area contributed by atoms with E-state index in [2.05, 4.69) is 15.2 Å². The molecule has 4 aromatic rings. The van der Waals surface area contributed by atoms with Crippen LogP contribution in [0.15, 0.2) is 73.1 Å². The Bertz CT molecular complexity index is 1020. The van der Waals surface area contributed by atoms with Crippen molar-refractivity contribution in [3.8, 4) is 22.5 Å². The smallest absolute Gasteiger partial charge is 0.164 e. The summed E-state index contributed by atoms with van der Waals surface area (Å²) in [5.41, 5.74) is 4.48. The monoisotopic (exact) mass is 299 g/mol. The Morgan fingerprint density at radius 2 is 1.43 bits per heavy atom. The van der Waals surface area contributed by atoms with Gasteiger partial charge in [-0.3, -0.25) is 9.81 Å².